The van der Waals surface area contributed by atoms with E-state index in [1.165, 1.54) is 24.3 Å². The van der Waals surface area contributed by atoms with Gasteiger partial charge in [-0.15, -0.1) is 0 Å². The fraction of sp³-hybridized carbons (Fsp3) is 0.368. The second-order valence-electron chi connectivity index (χ2n) is 6.46. The summed E-state index contributed by atoms with van der Waals surface area (Å²) in [5.41, 5.74) is -8.41. The van der Waals surface area contributed by atoms with E-state index in [-0.39, 0.29) is 16.7 Å². The van der Waals surface area contributed by atoms with E-state index in [1.54, 1.807) is 6.92 Å². The number of alkyl halides is 9. The molecule has 0 bridgehead atoms. The van der Waals surface area contributed by atoms with Crippen molar-refractivity contribution in [3.8, 4) is 11.1 Å². The van der Waals surface area contributed by atoms with Gasteiger partial charge < -0.3 is 0 Å². The van der Waals surface area contributed by atoms with Gasteiger partial charge in [-0.3, -0.25) is 0 Å². The van der Waals surface area contributed by atoms with Gasteiger partial charge in [-0.2, -0.15) is 35.1 Å². The molecule has 0 saturated heterocycles. The molecule has 1 radical (unpaired) electrons. The molecule has 28 heavy (non-hydrogen) atoms. The van der Waals surface area contributed by atoms with Crippen LogP contribution in [0.15, 0.2) is 30.3 Å². The third-order valence-electron chi connectivity index (χ3n) is 4.28. The molecule has 0 nitrogen and oxygen atoms in total. The third-order valence-corrected chi connectivity index (χ3v) is 4.28. The van der Waals surface area contributed by atoms with E-state index in [0.29, 0.717) is 11.6 Å². The van der Waals surface area contributed by atoms with E-state index >= 15 is 4.39 Å². The Labute approximate surface area is 155 Å². The van der Waals surface area contributed by atoms with Crippen molar-refractivity contribution in [1.29, 1.82) is 0 Å². The van der Waals surface area contributed by atoms with Gasteiger partial charge >= 0.3 is 23.9 Å². The molecule has 1 unspecified atom stereocenters. The Morgan fingerprint density at radius 2 is 1.21 bits per heavy atom. The first kappa shape index (κ1) is 22.1. The monoisotopic (exact) mass is 413 g/mol. The van der Waals surface area contributed by atoms with Gasteiger partial charge in [0.1, 0.15) is 0 Å². The van der Waals surface area contributed by atoms with Crippen molar-refractivity contribution in [2.75, 3.05) is 0 Å². The van der Waals surface area contributed by atoms with Crippen molar-refractivity contribution >= 4 is 0 Å². The van der Waals surface area contributed by atoms with Crippen LogP contribution in [-0.2, 0) is 5.67 Å². The summed E-state index contributed by atoms with van der Waals surface area (Å²) >= 11 is 0. The van der Waals surface area contributed by atoms with Gasteiger partial charge in [0.2, 0.25) is 0 Å². The van der Waals surface area contributed by atoms with Gasteiger partial charge in [-0.1, -0.05) is 35.9 Å². The normalized spacial score (nSPS) is 15.4. The number of benzene rings is 2. The topological polar surface area (TPSA) is 0 Å². The van der Waals surface area contributed by atoms with Crippen molar-refractivity contribution in [2.24, 2.45) is 0 Å². The summed E-state index contributed by atoms with van der Waals surface area (Å²) in [5, 5.41) is 0. The lowest BCUT2D eigenvalue weighted by atomic mass is 9.80. The van der Waals surface area contributed by atoms with Crippen LogP contribution in [0, 0.1) is 26.8 Å². The SMILES string of the molecule is Cc1[c]c(C)c(-c2ccc(C)cc2)c(C(F)(C(F)(F)F)C(F)(F)C(F)(F)F)c1. The molecule has 0 aromatic heterocycles. The lowest BCUT2D eigenvalue weighted by Gasteiger charge is -2.37. The molecule has 153 valence electrons. The highest BCUT2D eigenvalue weighted by Crippen LogP contribution is 2.60. The highest BCUT2D eigenvalue weighted by molar-refractivity contribution is 5.73. The molecule has 0 spiro atoms. The molecule has 2 rings (SSSR count). The van der Waals surface area contributed by atoms with Crippen LogP contribution in [0.5, 0.6) is 0 Å². The minimum Gasteiger partial charge on any atom is -0.221 e. The zero-order valence-corrected chi connectivity index (χ0v) is 14.8. The number of hydrogen-bond donors (Lipinski definition) is 0. The fourth-order valence-corrected chi connectivity index (χ4v) is 2.94. The molecule has 1 atom stereocenters. The van der Waals surface area contributed by atoms with E-state index in [2.05, 4.69) is 6.07 Å². The second kappa shape index (κ2) is 6.70. The van der Waals surface area contributed by atoms with Crippen LogP contribution < -0.4 is 0 Å². The van der Waals surface area contributed by atoms with E-state index in [4.69, 9.17) is 0 Å². The standard InChI is InChI=1S/C19H14F9/c1-10-4-6-13(7-5-10)15-12(3)8-11(2)9-14(15)16(20,18(23,24)25)17(21,22)19(26,27)28/h4-7,9H,1-3H3. The molecular formula is C19H14F9. The lowest BCUT2D eigenvalue weighted by Crippen LogP contribution is -2.60. The van der Waals surface area contributed by atoms with E-state index in [9.17, 15) is 35.1 Å². The molecule has 0 aliphatic rings. The van der Waals surface area contributed by atoms with Crippen molar-refractivity contribution in [1.82, 2.24) is 0 Å². The van der Waals surface area contributed by atoms with Gasteiger partial charge in [0, 0.05) is 5.56 Å². The van der Waals surface area contributed by atoms with Crippen molar-refractivity contribution in [3.05, 3.63) is 58.7 Å². The smallest absolute Gasteiger partial charge is 0.221 e. The van der Waals surface area contributed by atoms with Crippen LogP contribution in [0.4, 0.5) is 39.5 Å². The molecule has 0 fully saturated rings. The Morgan fingerprint density at radius 3 is 1.64 bits per heavy atom. The number of rotatable bonds is 3. The Hall–Kier alpha value is -2.19. The molecule has 0 aliphatic heterocycles. The Kier molecular flexibility index (Phi) is 5.29. The Bertz CT molecular complexity index is 861. The first-order valence-corrected chi connectivity index (χ1v) is 7.85. The van der Waals surface area contributed by atoms with Gasteiger partial charge in [-0.25, -0.2) is 4.39 Å². The van der Waals surface area contributed by atoms with Crippen molar-refractivity contribution in [3.63, 3.8) is 0 Å². The Balaban J connectivity index is 2.98. The summed E-state index contributed by atoms with van der Waals surface area (Å²) in [6, 6.07) is 8.13. The maximum absolute atomic E-state index is 15.1. The van der Waals surface area contributed by atoms with Crippen LogP contribution in [0.1, 0.15) is 22.3 Å². The van der Waals surface area contributed by atoms with Gasteiger partial charge in [0.05, 0.1) is 0 Å². The van der Waals surface area contributed by atoms with Gasteiger partial charge in [-0.05, 0) is 49.1 Å². The predicted molar refractivity (Wildman–Crippen MR) is 84.8 cm³/mol. The van der Waals surface area contributed by atoms with Crippen molar-refractivity contribution in [2.45, 2.75) is 44.7 Å². The molecule has 0 N–H and O–H groups in total. The molecule has 2 aromatic rings. The minimum absolute atomic E-state index is 0.140. The number of hydrogen-bond acceptors (Lipinski definition) is 0. The number of halogens is 9. The second-order valence-corrected chi connectivity index (χ2v) is 6.46. The van der Waals surface area contributed by atoms with Crippen LogP contribution in [0.3, 0.4) is 0 Å². The maximum Gasteiger partial charge on any atom is 0.457 e. The fourth-order valence-electron chi connectivity index (χ4n) is 2.94. The summed E-state index contributed by atoms with van der Waals surface area (Å²) in [5.74, 6) is -6.72. The molecule has 0 saturated carbocycles. The molecule has 9 heteroatoms. The average Bonchev–Trinajstić information content (AvgIpc) is 2.52. The summed E-state index contributed by atoms with van der Waals surface area (Å²) in [6.07, 6.45) is -13.3. The Morgan fingerprint density at radius 1 is 0.714 bits per heavy atom. The summed E-state index contributed by atoms with van der Waals surface area (Å²) in [6.45, 7) is 3.91. The van der Waals surface area contributed by atoms with Crippen LogP contribution in [0.25, 0.3) is 11.1 Å². The largest absolute Gasteiger partial charge is 0.457 e. The molecule has 0 heterocycles. The van der Waals surface area contributed by atoms with E-state index < -0.39 is 35.1 Å². The summed E-state index contributed by atoms with van der Waals surface area (Å²) in [7, 11) is 0. The lowest BCUT2D eigenvalue weighted by molar-refractivity contribution is -0.389. The molecule has 2 aromatic carbocycles. The van der Waals surface area contributed by atoms with Crippen LogP contribution in [0.2, 0.25) is 0 Å². The number of aryl methyl sites for hydroxylation is 3. The zero-order valence-electron chi connectivity index (χ0n) is 14.8. The molecule has 0 aliphatic carbocycles. The van der Waals surface area contributed by atoms with E-state index in [0.717, 1.165) is 13.8 Å². The maximum atomic E-state index is 15.1. The average molecular weight is 413 g/mol. The van der Waals surface area contributed by atoms with Crippen molar-refractivity contribution < 1.29 is 39.5 Å². The molecular weight excluding hydrogens is 399 g/mol. The first-order chi connectivity index (χ1) is 12.5. The third kappa shape index (κ3) is 3.35. The van der Waals surface area contributed by atoms with E-state index in [1.807, 2.05) is 0 Å². The molecule has 0 amide bonds. The van der Waals surface area contributed by atoms with Crippen LogP contribution in [-0.4, -0.2) is 18.3 Å². The highest BCUT2D eigenvalue weighted by atomic mass is 19.4. The predicted octanol–water partition coefficient (Wildman–Crippen LogP) is 7.00. The van der Waals surface area contributed by atoms with Gasteiger partial charge in [0.25, 0.3) is 0 Å². The van der Waals surface area contributed by atoms with Gasteiger partial charge in [0.15, 0.2) is 0 Å². The summed E-state index contributed by atoms with van der Waals surface area (Å²) < 4.78 is 122. The highest BCUT2D eigenvalue weighted by Gasteiger charge is 2.82. The first-order valence-electron chi connectivity index (χ1n) is 7.85. The minimum atomic E-state index is -6.77. The van der Waals surface area contributed by atoms with Crippen LogP contribution >= 0.6 is 0 Å². The quantitative estimate of drug-likeness (QED) is 0.475. The zero-order chi connectivity index (χ0) is 21.7. The summed E-state index contributed by atoms with van der Waals surface area (Å²) in [4.78, 5) is 0.